The number of hydrogen-bond acceptors (Lipinski definition) is 4. The molecule has 1 saturated heterocycles. The molecule has 0 saturated carbocycles. The van der Waals surface area contributed by atoms with Crippen molar-refractivity contribution < 1.29 is 0 Å². The van der Waals surface area contributed by atoms with Crippen LogP contribution in [0.4, 0.5) is 5.13 Å². The van der Waals surface area contributed by atoms with Crippen molar-refractivity contribution in [3.05, 3.63) is 10.6 Å². The van der Waals surface area contributed by atoms with E-state index in [9.17, 15) is 0 Å². The summed E-state index contributed by atoms with van der Waals surface area (Å²) in [6.07, 6.45) is 3.53. The molecule has 1 aromatic rings. The van der Waals surface area contributed by atoms with Crippen LogP contribution in [0.15, 0.2) is 0 Å². The van der Waals surface area contributed by atoms with Gasteiger partial charge in [-0.15, -0.1) is 11.3 Å². The van der Waals surface area contributed by atoms with Gasteiger partial charge in [0.1, 0.15) is 0 Å². The normalized spacial score (nSPS) is 18.5. The maximum absolute atomic E-state index is 4.95. The topological polar surface area (TPSA) is 28.2 Å². The van der Waals surface area contributed by atoms with E-state index in [1.807, 2.05) is 11.3 Å². The van der Waals surface area contributed by atoms with Gasteiger partial charge in [-0.1, -0.05) is 27.2 Å². The minimum Gasteiger partial charge on any atom is -0.348 e. The van der Waals surface area contributed by atoms with Gasteiger partial charge in [-0.3, -0.25) is 0 Å². The molecule has 1 aliphatic heterocycles. The highest BCUT2D eigenvalue weighted by atomic mass is 32.1. The standard InChI is InChI=1S/C17H31N3S/c1-7-8-13-14(11-18-16(2,3)4)21-15(19-13)20-10-9-17(5,6)12-20/h18H,7-12H2,1-6H3. The third kappa shape index (κ3) is 4.68. The zero-order chi connectivity index (χ0) is 15.7. The third-order valence-corrected chi connectivity index (χ3v) is 5.14. The molecule has 1 fully saturated rings. The van der Waals surface area contributed by atoms with Crippen LogP contribution in [0.1, 0.15) is 65.0 Å². The van der Waals surface area contributed by atoms with Crippen LogP contribution in [0.2, 0.25) is 0 Å². The molecule has 2 rings (SSSR count). The number of hydrogen-bond donors (Lipinski definition) is 1. The van der Waals surface area contributed by atoms with Gasteiger partial charge in [0.2, 0.25) is 0 Å². The first-order valence-electron chi connectivity index (χ1n) is 8.19. The summed E-state index contributed by atoms with van der Waals surface area (Å²) in [5, 5.41) is 4.84. The van der Waals surface area contributed by atoms with Crippen LogP contribution < -0.4 is 10.2 Å². The molecule has 1 aliphatic rings. The fraction of sp³-hybridized carbons (Fsp3) is 0.824. The predicted octanol–water partition coefficient (Wildman–Crippen LogP) is 4.22. The summed E-state index contributed by atoms with van der Waals surface area (Å²) < 4.78 is 0. The van der Waals surface area contributed by atoms with E-state index in [1.165, 1.54) is 22.1 Å². The Labute approximate surface area is 134 Å². The summed E-state index contributed by atoms with van der Waals surface area (Å²) in [4.78, 5) is 8.85. The summed E-state index contributed by atoms with van der Waals surface area (Å²) in [5.74, 6) is 0. The van der Waals surface area contributed by atoms with Crippen LogP contribution in [-0.2, 0) is 13.0 Å². The number of thiazole rings is 1. The van der Waals surface area contributed by atoms with E-state index in [0.717, 1.165) is 32.5 Å². The van der Waals surface area contributed by atoms with E-state index in [2.05, 4.69) is 51.8 Å². The molecule has 21 heavy (non-hydrogen) atoms. The number of rotatable bonds is 5. The zero-order valence-corrected chi connectivity index (χ0v) is 15.4. The lowest BCUT2D eigenvalue weighted by Gasteiger charge is -2.20. The molecular weight excluding hydrogens is 278 g/mol. The van der Waals surface area contributed by atoms with Gasteiger partial charge in [0.15, 0.2) is 5.13 Å². The second-order valence-electron chi connectivity index (χ2n) is 8.06. The van der Waals surface area contributed by atoms with E-state index >= 15 is 0 Å². The highest BCUT2D eigenvalue weighted by molar-refractivity contribution is 7.15. The Morgan fingerprint density at radius 3 is 2.57 bits per heavy atom. The molecule has 0 spiro atoms. The molecule has 1 N–H and O–H groups in total. The molecule has 3 nitrogen and oxygen atoms in total. The number of nitrogens with one attached hydrogen (secondary N) is 1. The quantitative estimate of drug-likeness (QED) is 0.882. The van der Waals surface area contributed by atoms with E-state index < -0.39 is 0 Å². The highest BCUT2D eigenvalue weighted by Gasteiger charge is 2.31. The van der Waals surface area contributed by atoms with Crippen molar-refractivity contribution in [1.82, 2.24) is 10.3 Å². The predicted molar refractivity (Wildman–Crippen MR) is 93.3 cm³/mol. The van der Waals surface area contributed by atoms with Crippen LogP contribution in [0.25, 0.3) is 0 Å². The van der Waals surface area contributed by atoms with Crippen molar-refractivity contribution in [3.8, 4) is 0 Å². The van der Waals surface area contributed by atoms with Gasteiger partial charge in [0.05, 0.1) is 5.69 Å². The van der Waals surface area contributed by atoms with Crippen LogP contribution >= 0.6 is 11.3 Å². The Hall–Kier alpha value is -0.610. The molecule has 0 atom stereocenters. The monoisotopic (exact) mass is 309 g/mol. The Morgan fingerprint density at radius 2 is 2.05 bits per heavy atom. The average Bonchev–Trinajstić information content (AvgIpc) is 2.90. The van der Waals surface area contributed by atoms with Crippen LogP contribution in [0.3, 0.4) is 0 Å². The Bertz CT molecular complexity index is 471. The molecule has 2 heterocycles. The van der Waals surface area contributed by atoms with Crippen molar-refractivity contribution in [1.29, 1.82) is 0 Å². The molecule has 0 bridgehead atoms. The average molecular weight is 310 g/mol. The second kappa shape index (κ2) is 6.25. The Kier molecular flexibility index (Phi) is 4.99. The summed E-state index contributed by atoms with van der Waals surface area (Å²) in [7, 11) is 0. The molecule has 4 heteroatoms. The highest BCUT2D eigenvalue weighted by Crippen LogP contribution is 2.36. The molecule has 1 aromatic heterocycles. The van der Waals surface area contributed by atoms with Crippen LogP contribution in [-0.4, -0.2) is 23.6 Å². The van der Waals surface area contributed by atoms with Gasteiger partial charge in [-0.05, 0) is 39.0 Å². The fourth-order valence-corrected chi connectivity index (χ4v) is 3.77. The number of anilines is 1. The largest absolute Gasteiger partial charge is 0.348 e. The lowest BCUT2D eigenvalue weighted by Crippen LogP contribution is -2.35. The molecule has 0 unspecified atom stereocenters. The number of aromatic nitrogens is 1. The number of nitrogens with zero attached hydrogens (tertiary/aromatic N) is 2. The summed E-state index contributed by atoms with van der Waals surface area (Å²) >= 11 is 1.89. The van der Waals surface area contributed by atoms with Crippen molar-refractivity contribution in [2.24, 2.45) is 5.41 Å². The van der Waals surface area contributed by atoms with Gasteiger partial charge in [0, 0.05) is 30.1 Å². The van der Waals surface area contributed by atoms with Gasteiger partial charge in [-0.2, -0.15) is 0 Å². The van der Waals surface area contributed by atoms with Crippen molar-refractivity contribution in [2.75, 3.05) is 18.0 Å². The Balaban J connectivity index is 2.13. The summed E-state index contributed by atoms with van der Waals surface area (Å²) in [6, 6.07) is 0. The van der Waals surface area contributed by atoms with Gasteiger partial charge < -0.3 is 10.2 Å². The molecular formula is C17H31N3S. The van der Waals surface area contributed by atoms with Crippen molar-refractivity contribution >= 4 is 16.5 Å². The van der Waals surface area contributed by atoms with Gasteiger partial charge in [0.25, 0.3) is 0 Å². The van der Waals surface area contributed by atoms with Gasteiger partial charge >= 0.3 is 0 Å². The van der Waals surface area contributed by atoms with E-state index in [1.54, 1.807) is 0 Å². The van der Waals surface area contributed by atoms with Gasteiger partial charge in [-0.25, -0.2) is 4.98 Å². The van der Waals surface area contributed by atoms with Crippen molar-refractivity contribution in [2.45, 2.75) is 72.9 Å². The first-order chi connectivity index (χ1) is 9.70. The maximum Gasteiger partial charge on any atom is 0.185 e. The molecule has 120 valence electrons. The summed E-state index contributed by atoms with van der Waals surface area (Å²) in [6.45, 7) is 16.8. The lowest BCUT2D eigenvalue weighted by molar-refractivity contribution is 0.418. The first kappa shape index (κ1) is 16.8. The lowest BCUT2D eigenvalue weighted by atomic mass is 9.93. The minimum absolute atomic E-state index is 0.156. The summed E-state index contributed by atoms with van der Waals surface area (Å²) in [5.41, 5.74) is 1.89. The molecule has 0 amide bonds. The van der Waals surface area contributed by atoms with E-state index in [0.29, 0.717) is 5.41 Å². The SMILES string of the molecule is CCCc1nc(N2CCC(C)(C)C2)sc1CNC(C)(C)C. The molecule has 0 aliphatic carbocycles. The third-order valence-electron chi connectivity index (χ3n) is 3.98. The van der Waals surface area contributed by atoms with Crippen LogP contribution in [0, 0.1) is 5.41 Å². The second-order valence-corrected chi connectivity index (χ2v) is 9.12. The zero-order valence-electron chi connectivity index (χ0n) is 14.5. The first-order valence-corrected chi connectivity index (χ1v) is 9.00. The molecule has 0 radical (unpaired) electrons. The van der Waals surface area contributed by atoms with Crippen molar-refractivity contribution in [3.63, 3.8) is 0 Å². The van der Waals surface area contributed by atoms with E-state index in [4.69, 9.17) is 4.98 Å². The number of aryl methyl sites for hydroxylation is 1. The minimum atomic E-state index is 0.156. The van der Waals surface area contributed by atoms with Crippen LogP contribution in [0.5, 0.6) is 0 Å². The smallest absolute Gasteiger partial charge is 0.185 e. The fourth-order valence-electron chi connectivity index (χ4n) is 2.70. The maximum atomic E-state index is 4.95. The van der Waals surface area contributed by atoms with E-state index in [-0.39, 0.29) is 5.54 Å². The molecule has 0 aromatic carbocycles. The Morgan fingerprint density at radius 1 is 1.33 bits per heavy atom.